The fourth-order valence-electron chi connectivity index (χ4n) is 1.02. The van der Waals surface area contributed by atoms with E-state index in [4.69, 9.17) is 11.6 Å². The molecule has 0 heterocycles. The van der Waals surface area contributed by atoms with Crippen molar-refractivity contribution in [2.24, 2.45) is 0 Å². The maximum atomic E-state index is 5.79. The van der Waals surface area contributed by atoms with Gasteiger partial charge in [-0.05, 0) is 37.6 Å². The Kier molecular flexibility index (Phi) is 6.43. The number of aryl methyl sites for hydroxylation is 1. The van der Waals surface area contributed by atoms with Crippen LogP contribution >= 0.6 is 11.6 Å². The van der Waals surface area contributed by atoms with E-state index in [1.54, 1.807) is 0 Å². The van der Waals surface area contributed by atoms with E-state index in [0.29, 0.717) is 0 Å². The maximum absolute atomic E-state index is 5.79. The molecule has 0 saturated carbocycles. The molecule has 2 heteroatoms. The van der Waals surface area contributed by atoms with Gasteiger partial charge in [-0.3, -0.25) is 0 Å². The summed E-state index contributed by atoms with van der Waals surface area (Å²) >= 11 is 5.79. The van der Waals surface area contributed by atoms with Crippen LogP contribution in [0.4, 0.5) is 5.69 Å². The standard InChI is InChI=1S/C9H12ClN.C2H6/c1-3-11-9-5-4-8(10)6-7(9)2;1-2/h4-6,11H,3H2,1-2H3;1-2H3. The van der Waals surface area contributed by atoms with Crippen LogP contribution in [0.15, 0.2) is 18.2 Å². The maximum Gasteiger partial charge on any atom is 0.0410 e. The summed E-state index contributed by atoms with van der Waals surface area (Å²) in [6, 6.07) is 5.85. The van der Waals surface area contributed by atoms with E-state index in [0.717, 1.165) is 17.3 Å². The molecule has 0 spiro atoms. The third-order valence-corrected chi connectivity index (χ3v) is 1.79. The van der Waals surface area contributed by atoms with Crippen LogP contribution < -0.4 is 5.32 Å². The van der Waals surface area contributed by atoms with Gasteiger partial charge in [-0.15, -0.1) is 0 Å². The first-order valence-corrected chi connectivity index (χ1v) is 5.12. The van der Waals surface area contributed by atoms with E-state index >= 15 is 0 Å². The molecule has 0 aliphatic heterocycles. The monoisotopic (exact) mass is 199 g/mol. The van der Waals surface area contributed by atoms with Gasteiger partial charge in [-0.1, -0.05) is 25.4 Å². The highest BCUT2D eigenvalue weighted by Gasteiger charge is 1.95. The van der Waals surface area contributed by atoms with Gasteiger partial charge in [0.05, 0.1) is 0 Å². The highest BCUT2D eigenvalue weighted by atomic mass is 35.5. The van der Waals surface area contributed by atoms with Gasteiger partial charge in [0.15, 0.2) is 0 Å². The van der Waals surface area contributed by atoms with E-state index in [9.17, 15) is 0 Å². The first-order chi connectivity index (χ1) is 6.24. The Morgan fingerprint density at radius 2 is 1.92 bits per heavy atom. The van der Waals surface area contributed by atoms with Crippen LogP contribution in [0.2, 0.25) is 5.02 Å². The van der Waals surface area contributed by atoms with Crippen molar-refractivity contribution >= 4 is 17.3 Å². The van der Waals surface area contributed by atoms with E-state index in [1.165, 1.54) is 5.56 Å². The fraction of sp³-hybridized carbons (Fsp3) is 0.455. The summed E-state index contributed by atoms with van der Waals surface area (Å²) in [4.78, 5) is 0. The number of anilines is 1. The predicted molar refractivity (Wildman–Crippen MR) is 61.7 cm³/mol. The zero-order valence-electron chi connectivity index (χ0n) is 8.82. The largest absolute Gasteiger partial charge is 0.385 e. The smallest absolute Gasteiger partial charge is 0.0410 e. The minimum atomic E-state index is 0.796. The van der Waals surface area contributed by atoms with Crippen molar-refractivity contribution < 1.29 is 0 Å². The SMILES string of the molecule is CC.CCNc1ccc(Cl)cc1C. The van der Waals surface area contributed by atoms with Crippen LogP contribution in [-0.2, 0) is 0 Å². The molecule has 0 aromatic heterocycles. The van der Waals surface area contributed by atoms with E-state index in [2.05, 4.69) is 12.2 Å². The zero-order valence-corrected chi connectivity index (χ0v) is 9.57. The minimum absolute atomic E-state index is 0.796. The van der Waals surface area contributed by atoms with Crippen molar-refractivity contribution in [3.05, 3.63) is 28.8 Å². The predicted octanol–water partition coefficient (Wildman–Crippen LogP) is 4.11. The van der Waals surface area contributed by atoms with Gasteiger partial charge in [0.25, 0.3) is 0 Å². The molecule has 0 saturated heterocycles. The molecule has 0 radical (unpaired) electrons. The van der Waals surface area contributed by atoms with Gasteiger partial charge in [-0.2, -0.15) is 0 Å². The quantitative estimate of drug-likeness (QED) is 0.756. The Labute approximate surface area is 86.1 Å². The normalized spacial score (nSPS) is 8.69. The zero-order chi connectivity index (χ0) is 10.3. The molecule has 0 aliphatic rings. The summed E-state index contributed by atoms with van der Waals surface area (Å²) in [6.07, 6.45) is 0. The number of nitrogens with one attached hydrogen (secondary N) is 1. The van der Waals surface area contributed by atoms with Crippen LogP contribution in [0.1, 0.15) is 26.3 Å². The molecule has 0 bridgehead atoms. The van der Waals surface area contributed by atoms with Crippen molar-refractivity contribution in [1.82, 2.24) is 0 Å². The summed E-state index contributed by atoms with van der Waals surface area (Å²) in [7, 11) is 0. The molecule has 0 amide bonds. The Hall–Kier alpha value is -0.690. The molecule has 1 aromatic rings. The molecule has 13 heavy (non-hydrogen) atoms. The first-order valence-electron chi connectivity index (χ1n) is 4.74. The second kappa shape index (κ2) is 6.79. The average molecular weight is 200 g/mol. The number of halogens is 1. The summed E-state index contributed by atoms with van der Waals surface area (Å²) < 4.78 is 0. The van der Waals surface area contributed by atoms with Gasteiger partial charge in [0.1, 0.15) is 0 Å². The molecule has 1 aromatic carbocycles. The van der Waals surface area contributed by atoms with Crippen molar-refractivity contribution in [2.75, 3.05) is 11.9 Å². The van der Waals surface area contributed by atoms with Crippen LogP contribution in [0.3, 0.4) is 0 Å². The van der Waals surface area contributed by atoms with E-state index < -0.39 is 0 Å². The fourth-order valence-corrected chi connectivity index (χ4v) is 1.24. The van der Waals surface area contributed by atoms with Crippen molar-refractivity contribution in [2.45, 2.75) is 27.7 Å². The molecule has 74 valence electrons. The summed E-state index contributed by atoms with van der Waals surface area (Å²) in [5, 5.41) is 4.04. The first kappa shape index (κ1) is 12.3. The van der Waals surface area contributed by atoms with Gasteiger partial charge in [0.2, 0.25) is 0 Å². The van der Waals surface area contributed by atoms with Crippen LogP contribution in [0.5, 0.6) is 0 Å². The molecule has 0 aliphatic carbocycles. The highest BCUT2D eigenvalue weighted by molar-refractivity contribution is 6.30. The van der Waals surface area contributed by atoms with Crippen molar-refractivity contribution in [1.29, 1.82) is 0 Å². The highest BCUT2D eigenvalue weighted by Crippen LogP contribution is 2.18. The second-order valence-electron chi connectivity index (χ2n) is 2.49. The average Bonchev–Trinajstić information content (AvgIpc) is 2.14. The lowest BCUT2D eigenvalue weighted by atomic mass is 10.2. The van der Waals surface area contributed by atoms with Crippen LogP contribution in [0.25, 0.3) is 0 Å². The molecule has 0 unspecified atom stereocenters. The lowest BCUT2D eigenvalue weighted by Crippen LogP contribution is -1.97. The molecule has 0 atom stereocenters. The second-order valence-corrected chi connectivity index (χ2v) is 2.93. The molecule has 1 rings (SSSR count). The number of benzene rings is 1. The van der Waals surface area contributed by atoms with Gasteiger partial charge >= 0.3 is 0 Å². The Bertz CT molecular complexity index is 246. The van der Waals surface area contributed by atoms with Crippen LogP contribution in [0, 0.1) is 6.92 Å². The van der Waals surface area contributed by atoms with Gasteiger partial charge in [-0.25, -0.2) is 0 Å². The van der Waals surface area contributed by atoms with Crippen molar-refractivity contribution in [3.8, 4) is 0 Å². The third-order valence-electron chi connectivity index (χ3n) is 1.56. The molecule has 1 N–H and O–H groups in total. The van der Waals surface area contributed by atoms with Crippen LogP contribution in [-0.4, -0.2) is 6.54 Å². The number of rotatable bonds is 2. The van der Waals surface area contributed by atoms with E-state index in [1.807, 2.05) is 39.0 Å². The number of hydrogen-bond donors (Lipinski definition) is 1. The lowest BCUT2D eigenvalue weighted by molar-refractivity contribution is 1.20. The molecular weight excluding hydrogens is 182 g/mol. The lowest BCUT2D eigenvalue weighted by Gasteiger charge is -2.06. The van der Waals surface area contributed by atoms with Gasteiger partial charge < -0.3 is 5.32 Å². The molecular formula is C11H18ClN. The number of hydrogen-bond acceptors (Lipinski definition) is 1. The summed E-state index contributed by atoms with van der Waals surface area (Å²) in [5.41, 5.74) is 2.36. The Morgan fingerprint density at radius 3 is 2.38 bits per heavy atom. The minimum Gasteiger partial charge on any atom is -0.385 e. The summed E-state index contributed by atoms with van der Waals surface area (Å²) in [6.45, 7) is 9.07. The third kappa shape index (κ3) is 4.18. The van der Waals surface area contributed by atoms with E-state index in [-0.39, 0.29) is 0 Å². The van der Waals surface area contributed by atoms with Crippen molar-refractivity contribution in [3.63, 3.8) is 0 Å². The Morgan fingerprint density at radius 1 is 1.31 bits per heavy atom. The topological polar surface area (TPSA) is 12.0 Å². The Balaban J connectivity index is 0.000000671. The summed E-state index contributed by atoms with van der Waals surface area (Å²) in [5.74, 6) is 0. The van der Waals surface area contributed by atoms with Gasteiger partial charge in [0, 0.05) is 17.3 Å². The molecule has 1 nitrogen and oxygen atoms in total. The molecule has 0 fully saturated rings.